The van der Waals surface area contributed by atoms with E-state index >= 15 is 0 Å². The van der Waals surface area contributed by atoms with Gasteiger partial charge < -0.3 is 10.0 Å². The van der Waals surface area contributed by atoms with Crippen molar-refractivity contribution in [2.24, 2.45) is 0 Å². The number of carbonyl (C=O) groups is 2. The van der Waals surface area contributed by atoms with Crippen molar-refractivity contribution in [2.75, 3.05) is 6.54 Å². The number of terminal acetylenes is 1. The number of rotatable bonds is 3. The van der Waals surface area contributed by atoms with Crippen LogP contribution in [0.15, 0.2) is 18.2 Å². The zero-order chi connectivity index (χ0) is 13.8. The molecule has 0 aromatic heterocycles. The van der Waals surface area contributed by atoms with Gasteiger partial charge in [0.15, 0.2) is 0 Å². The lowest BCUT2D eigenvalue weighted by Gasteiger charge is -2.29. The fraction of sp³-hybridized carbons (Fsp3) is 0.333. The number of carboxylic acid groups (broad SMARTS) is 1. The molecule has 1 N–H and O–H groups in total. The van der Waals surface area contributed by atoms with E-state index in [1.54, 1.807) is 17.0 Å². The molecule has 98 valence electrons. The quantitative estimate of drug-likeness (QED) is 0.838. The number of amides is 1. The van der Waals surface area contributed by atoms with Gasteiger partial charge >= 0.3 is 5.97 Å². The Morgan fingerprint density at radius 3 is 2.84 bits per heavy atom. The first-order valence-electron chi connectivity index (χ1n) is 6.18. The van der Waals surface area contributed by atoms with Gasteiger partial charge in [0.05, 0.1) is 5.56 Å². The van der Waals surface area contributed by atoms with Crippen LogP contribution in [0.2, 0.25) is 0 Å². The Labute approximate surface area is 112 Å². The maximum Gasteiger partial charge on any atom is 0.335 e. The zero-order valence-corrected chi connectivity index (χ0v) is 10.6. The molecule has 2 rings (SSSR count). The van der Waals surface area contributed by atoms with Crippen LogP contribution in [0.5, 0.6) is 0 Å². The lowest BCUT2D eigenvalue weighted by molar-refractivity contribution is -0.132. The maximum atomic E-state index is 11.9. The third-order valence-electron chi connectivity index (χ3n) is 3.30. The Morgan fingerprint density at radius 2 is 2.16 bits per heavy atom. The first-order chi connectivity index (χ1) is 9.11. The number of hydrogen-bond acceptors (Lipinski definition) is 2. The topological polar surface area (TPSA) is 57.6 Å². The molecule has 0 atom stereocenters. The monoisotopic (exact) mass is 257 g/mol. The van der Waals surface area contributed by atoms with E-state index in [4.69, 9.17) is 11.5 Å². The van der Waals surface area contributed by atoms with Gasteiger partial charge in [-0.25, -0.2) is 4.79 Å². The molecule has 1 amide bonds. The molecule has 0 saturated heterocycles. The second-order valence-corrected chi connectivity index (χ2v) is 4.56. The van der Waals surface area contributed by atoms with E-state index in [1.165, 1.54) is 0 Å². The molecule has 0 bridgehead atoms. The van der Waals surface area contributed by atoms with Crippen LogP contribution in [0.3, 0.4) is 0 Å². The van der Waals surface area contributed by atoms with Gasteiger partial charge in [0.2, 0.25) is 5.91 Å². The van der Waals surface area contributed by atoms with Crippen molar-refractivity contribution in [2.45, 2.75) is 25.8 Å². The highest BCUT2D eigenvalue weighted by Gasteiger charge is 2.21. The van der Waals surface area contributed by atoms with Gasteiger partial charge in [-0.1, -0.05) is 6.07 Å². The van der Waals surface area contributed by atoms with Crippen molar-refractivity contribution >= 4 is 11.9 Å². The number of carboxylic acids is 1. The number of fused-ring (bicyclic) bond motifs is 1. The third-order valence-corrected chi connectivity index (χ3v) is 3.30. The summed E-state index contributed by atoms with van der Waals surface area (Å²) >= 11 is 0. The van der Waals surface area contributed by atoms with Crippen LogP contribution in [0.1, 0.15) is 34.3 Å². The lowest BCUT2D eigenvalue weighted by Crippen LogP contribution is -2.35. The molecule has 19 heavy (non-hydrogen) atoms. The molecule has 1 aromatic carbocycles. The standard InChI is InChI=1S/C15H15NO3/c1-2-3-4-14(17)16-8-7-11-5-6-12(15(18)19)9-13(11)10-16/h1,5-6,9H,3-4,7-8,10H2,(H,18,19). The van der Waals surface area contributed by atoms with Crippen LogP contribution in [-0.4, -0.2) is 28.4 Å². The SMILES string of the molecule is C#CCCC(=O)N1CCc2ccc(C(=O)O)cc2C1. The van der Waals surface area contributed by atoms with Crippen molar-refractivity contribution in [3.8, 4) is 12.3 Å². The highest BCUT2D eigenvalue weighted by atomic mass is 16.4. The number of aromatic carboxylic acids is 1. The molecule has 1 aliphatic rings. The van der Waals surface area contributed by atoms with E-state index in [9.17, 15) is 9.59 Å². The van der Waals surface area contributed by atoms with Gasteiger partial charge in [0.1, 0.15) is 0 Å². The summed E-state index contributed by atoms with van der Waals surface area (Å²) in [7, 11) is 0. The van der Waals surface area contributed by atoms with Crippen molar-refractivity contribution in [3.05, 3.63) is 34.9 Å². The van der Waals surface area contributed by atoms with E-state index < -0.39 is 5.97 Å². The van der Waals surface area contributed by atoms with Gasteiger partial charge in [-0.05, 0) is 29.7 Å². The Hall–Kier alpha value is -2.28. The van der Waals surface area contributed by atoms with Crippen LogP contribution in [0, 0.1) is 12.3 Å². The minimum atomic E-state index is -0.946. The molecule has 0 aliphatic carbocycles. The number of carbonyl (C=O) groups excluding carboxylic acids is 1. The van der Waals surface area contributed by atoms with Gasteiger partial charge in [0, 0.05) is 25.9 Å². The average Bonchev–Trinajstić information content (AvgIpc) is 2.43. The molecular formula is C15H15NO3. The fourth-order valence-corrected chi connectivity index (χ4v) is 2.24. The molecular weight excluding hydrogens is 242 g/mol. The second-order valence-electron chi connectivity index (χ2n) is 4.56. The molecule has 0 saturated carbocycles. The summed E-state index contributed by atoms with van der Waals surface area (Å²) in [5.41, 5.74) is 2.29. The molecule has 4 heteroatoms. The normalized spacial score (nSPS) is 13.5. The van der Waals surface area contributed by atoms with Gasteiger partial charge in [-0.2, -0.15) is 0 Å². The summed E-state index contributed by atoms with van der Waals surface area (Å²) in [5, 5.41) is 8.97. The van der Waals surface area contributed by atoms with Crippen molar-refractivity contribution in [1.29, 1.82) is 0 Å². The van der Waals surface area contributed by atoms with Gasteiger partial charge in [-0.3, -0.25) is 4.79 Å². The number of hydrogen-bond donors (Lipinski definition) is 1. The molecule has 0 unspecified atom stereocenters. The Balaban J connectivity index is 2.14. The van der Waals surface area contributed by atoms with Gasteiger partial charge in [-0.15, -0.1) is 12.3 Å². The van der Waals surface area contributed by atoms with Crippen LogP contribution < -0.4 is 0 Å². The summed E-state index contributed by atoms with van der Waals surface area (Å²) in [6.07, 6.45) is 6.70. The first-order valence-corrected chi connectivity index (χ1v) is 6.18. The molecule has 0 radical (unpaired) electrons. The minimum absolute atomic E-state index is 0.0318. The Morgan fingerprint density at radius 1 is 1.37 bits per heavy atom. The second kappa shape index (κ2) is 5.57. The first kappa shape index (κ1) is 13.2. The van der Waals surface area contributed by atoms with Crippen LogP contribution >= 0.6 is 0 Å². The van der Waals surface area contributed by atoms with E-state index in [0.29, 0.717) is 25.9 Å². The Kier molecular flexibility index (Phi) is 3.86. The van der Waals surface area contributed by atoms with Crippen LogP contribution in [0.25, 0.3) is 0 Å². The molecule has 1 heterocycles. The summed E-state index contributed by atoms with van der Waals surface area (Å²) in [6.45, 7) is 1.14. The van der Waals surface area contributed by atoms with E-state index in [1.807, 2.05) is 6.07 Å². The van der Waals surface area contributed by atoms with Crippen LogP contribution in [-0.2, 0) is 17.8 Å². The van der Waals surface area contributed by atoms with Crippen molar-refractivity contribution in [3.63, 3.8) is 0 Å². The molecule has 1 aliphatic heterocycles. The number of nitrogens with zero attached hydrogens (tertiary/aromatic N) is 1. The number of benzene rings is 1. The van der Waals surface area contributed by atoms with E-state index in [-0.39, 0.29) is 11.5 Å². The summed E-state index contributed by atoms with van der Waals surface area (Å²) in [4.78, 5) is 24.6. The predicted octanol–water partition coefficient (Wildman–Crippen LogP) is 1.68. The van der Waals surface area contributed by atoms with Gasteiger partial charge in [0.25, 0.3) is 0 Å². The zero-order valence-electron chi connectivity index (χ0n) is 10.6. The lowest BCUT2D eigenvalue weighted by atomic mass is 9.97. The van der Waals surface area contributed by atoms with Crippen molar-refractivity contribution in [1.82, 2.24) is 4.90 Å². The molecule has 4 nitrogen and oxygen atoms in total. The van der Waals surface area contributed by atoms with Crippen molar-refractivity contribution < 1.29 is 14.7 Å². The predicted molar refractivity (Wildman–Crippen MR) is 70.6 cm³/mol. The average molecular weight is 257 g/mol. The largest absolute Gasteiger partial charge is 0.478 e. The Bertz CT molecular complexity index is 557. The van der Waals surface area contributed by atoms with Crippen LogP contribution in [0.4, 0.5) is 0 Å². The molecule has 1 aromatic rings. The smallest absolute Gasteiger partial charge is 0.335 e. The summed E-state index contributed by atoms with van der Waals surface area (Å²) < 4.78 is 0. The summed E-state index contributed by atoms with van der Waals surface area (Å²) in [5.74, 6) is 1.54. The minimum Gasteiger partial charge on any atom is -0.478 e. The maximum absolute atomic E-state index is 11.9. The van der Waals surface area contributed by atoms with E-state index in [0.717, 1.165) is 17.5 Å². The fourth-order valence-electron chi connectivity index (χ4n) is 2.24. The molecule has 0 fully saturated rings. The highest BCUT2D eigenvalue weighted by Crippen LogP contribution is 2.21. The summed E-state index contributed by atoms with van der Waals surface area (Å²) in [6, 6.07) is 5.09. The molecule has 0 spiro atoms. The third kappa shape index (κ3) is 2.94. The van der Waals surface area contributed by atoms with E-state index in [2.05, 4.69) is 5.92 Å². The highest BCUT2D eigenvalue weighted by molar-refractivity contribution is 5.88.